The molecule has 6 heteroatoms. The van der Waals surface area contributed by atoms with E-state index in [1.807, 2.05) is 4.90 Å². The molecular weight excluding hydrogens is 270 g/mol. The maximum Gasteiger partial charge on any atom is 0.237 e. The number of nitrogens with two attached hydrogens (primary N) is 1. The van der Waals surface area contributed by atoms with Crippen LogP contribution in [-0.2, 0) is 4.79 Å². The number of nitrogens with zero attached hydrogens (tertiary/aromatic N) is 1. The highest BCUT2D eigenvalue weighted by molar-refractivity contribution is 5.81. The summed E-state index contributed by atoms with van der Waals surface area (Å²) in [6.07, 6.45) is 1.17. The molecule has 0 spiro atoms. The lowest BCUT2D eigenvalue weighted by atomic mass is 10.2. The molecule has 4 N–H and O–H groups in total. The summed E-state index contributed by atoms with van der Waals surface area (Å²) < 4.78 is 5.52. The molecule has 0 bridgehead atoms. The van der Waals surface area contributed by atoms with Gasteiger partial charge in [0, 0.05) is 25.3 Å². The summed E-state index contributed by atoms with van der Waals surface area (Å²) in [4.78, 5) is 13.7. The number of amides is 1. The number of nitrogens with one attached hydrogen (secondary N) is 1. The van der Waals surface area contributed by atoms with Gasteiger partial charge in [-0.15, -0.1) is 0 Å². The van der Waals surface area contributed by atoms with E-state index in [0.29, 0.717) is 18.0 Å². The molecule has 1 aromatic rings. The van der Waals surface area contributed by atoms with E-state index in [4.69, 9.17) is 10.5 Å². The van der Waals surface area contributed by atoms with E-state index in [1.165, 1.54) is 0 Å². The Labute approximate surface area is 124 Å². The van der Waals surface area contributed by atoms with Gasteiger partial charge in [0.1, 0.15) is 18.5 Å². The predicted octanol–water partition coefficient (Wildman–Crippen LogP) is 0.219. The Morgan fingerprint density at radius 3 is 3.14 bits per heavy atom. The van der Waals surface area contributed by atoms with Crippen molar-refractivity contribution in [3.63, 3.8) is 0 Å². The highest BCUT2D eigenvalue weighted by Gasteiger charge is 2.31. The van der Waals surface area contributed by atoms with E-state index in [1.54, 1.807) is 31.3 Å². The van der Waals surface area contributed by atoms with Gasteiger partial charge in [-0.3, -0.25) is 9.69 Å². The summed E-state index contributed by atoms with van der Waals surface area (Å²) in [5.41, 5.74) is 6.29. The second-order valence-corrected chi connectivity index (χ2v) is 5.30. The lowest BCUT2D eigenvalue weighted by Crippen LogP contribution is -2.45. The van der Waals surface area contributed by atoms with Gasteiger partial charge in [0.2, 0.25) is 5.91 Å². The third-order valence-electron chi connectivity index (χ3n) is 3.66. The lowest BCUT2D eigenvalue weighted by molar-refractivity contribution is -0.125. The molecule has 1 aliphatic heterocycles. The maximum absolute atomic E-state index is 11.7. The predicted molar refractivity (Wildman–Crippen MR) is 81.0 cm³/mol. The molecule has 0 radical (unpaired) electrons. The first-order valence-electron chi connectivity index (χ1n) is 7.22. The molecule has 21 heavy (non-hydrogen) atoms. The largest absolute Gasteiger partial charge is 0.491 e. The van der Waals surface area contributed by atoms with Crippen molar-refractivity contribution in [2.24, 2.45) is 0 Å². The fourth-order valence-electron chi connectivity index (χ4n) is 2.63. The van der Waals surface area contributed by atoms with E-state index in [0.717, 1.165) is 19.4 Å². The smallest absolute Gasteiger partial charge is 0.237 e. The summed E-state index contributed by atoms with van der Waals surface area (Å²) in [7, 11) is 1.64. The molecule has 0 aliphatic carbocycles. The van der Waals surface area contributed by atoms with Gasteiger partial charge in [-0.25, -0.2) is 0 Å². The minimum atomic E-state index is -0.642. The number of aliphatic hydroxyl groups excluding tert-OH is 1. The van der Waals surface area contributed by atoms with Crippen molar-refractivity contribution in [2.75, 3.05) is 32.5 Å². The van der Waals surface area contributed by atoms with Crippen molar-refractivity contribution in [2.45, 2.75) is 25.0 Å². The van der Waals surface area contributed by atoms with E-state index in [9.17, 15) is 9.90 Å². The summed E-state index contributed by atoms with van der Waals surface area (Å²) in [5.74, 6) is 0.648. The monoisotopic (exact) mass is 293 g/mol. The Morgan fingerprint density at radius 1 is 1.62 bits per heavy atom. The van der Waals surface area contributed by atoms with Crippen LogP contribution in [0.5, 0.6) is 5.75 Å². The summed E-state index contributed by atoms with van der Waals surface area (Å²) >= 11 is 0. The maximum atomic E-state index is 11.7. The van der Waals surface area contributed by atoms with Crippen molar-refractivity contribution in [1.29, 1.82) is 0 Å². The summed E-state index contributed by atoms with van der Waals surface area (Å²) in [5, 5.41) is 12.7. The second kappa shape index (κ2) is 7.28. The SMILES string of the molecule is CNC(=O)C1CCCN1CC(O)COc1cccc(N)c1. The van der Waals surface area contributed by atoms with Crippen LogP contribution in [0.3, 0.4) is 0 Å². The third kappa shape index (κ3) is 4.34. The van der Waals surface area contributed by atoms with Gasteiger partial charge in [-0.2, -0.15) is 0 Å². The molecule has 1 heterocycles. The van der Waals surface area contributed by atoms with Crippen LogP contribution in [0.4, 0.5) is 5.69 Å². The van der Waals surface area contributed by atoms with E-state index < -0.39 is 6.10 Å². The number of nitrogen functional groups attached to an aromatic ring is 1. The average Bonchev–Trinajstić information content (AvgIpc) is 2.92. The number of ether oxygens (including phenoxy) is 1. The Kier molecular flexibility index (Phi) is 5.41. The molecule has 1 amide bonds. The number of hydrogen-bond donors (Lipinski definition) is 3. The first-order valence-corrected chi connectivity index (χ1v) is 7.22. The molecular formula is C15H23N3O3. The molecule has 1 fully saturated rings. The Hall–Kier alpha value is -1.79. The van der Waals surface area contributed by atoms with E-state index >= 15 is 0 Å². The normalized spacial score (nSPS) is 20.2. The van der Waals surface area contributed by atoms with Gasteiger partial charge in [-0.1, -0.05) is 6.07 Å². The van der Waals surface area contributed by atoms with Crippen molar-refractivity contribution in [1.82, 2.24) is 10.2 Å². The second-order valence-electron chi connectivity index (χ2n) is 5.30. The van der Waals surface area contributed by atoms with Crippen LogP contribution < -0.4 is 15.8 Å². The molecule has 0 aromatic heterocycles. The first-order chi connectivity index (χ1) is 10.1. The summed E-state index contributed by atoms with van der Waals surface area (Å²) in [6, 6.07) is 6.96. The van der Waals surface area contributed by atoms with Crippen molar-refractivity contribution in [3.05, 3.63) is 24.3 Å². The number of aliphatic hydroxyl groups is 1. The molecule has 1 aliphatic rings. The average molecular weight is 293 g/mol. The standard InChI is InChI=1S/C15H23N3O3/c1-17-15(20)14-6-3-7-18(14)9-12(19)10-21-13-5-2-4-11(16)8-13/h2,4-5,8,12,14,19H,3,6-7,9-10,16H2,1H3,(H,17,20). The molecule has 2 unspecified atom stereocenters. The number of carbonyl (C=O) groups is 1. The van der Waals surface area contributed by atoms with Gasteiger partial charge in [0.25, 0.3) is 0 Å². The zero-order valence-corrected chi connectivity index (χ0v) is 12.3. The van der Waals surface area contributed by atoms with Gasteiger partial charge in [0.15, 0.2) is 0 Å². The number of benzene rings is 1. The zero-order valence-electron chi connectivity index (χ0n) is 12.3. The van der Waals surface area contributed by atoms with Crippen LogP contribution in [-0.4, -0.2) is 54.8 Å². The van der Waals surface area contributed by atoms with Crippen molar-refractivity contribution in [3.8, 4) is 5.75 Å². The van der Waals surface area contributed by atoms with Crippen LogP contribution in [0.1, 0.15) is 12.8 Å². The van der Waals surface area contributed by atoms with Crippen LogP contribution in [0.15, 0.2) is 24.3 Å². The quantitative estimate of drug-likeness (QED) is 0.653. The number of rotatable bonds is 6. The first kappa shape index (κ1) is 15.6. The molecule has 0 saturated carbocycles. The van der Waals surface area contributed by atoms with E-state index in [2.05, 4.69) is 5.32 Å². The molecule has 1 saturated heterocycles. The number of β-amino-alcohol motifs (C(OH)–C–C–N with tert-alkyl or cyclic N) is 1. The molecule has 2 atom stereocenters. The van der Waals surface area contributed by atoms with Crippen LogP contribution in [0.25, 0.3) is 0 Å². The summed E-state index contributed by atoms with van der Waals surface area (Å²) in [6.45, 7) is 1.44. The highest BCUT2D eigenvalue weighted by atomic mass is 16.5. The van der Waals surface area contributed by atoms with Gasteiger partial charge >= 0.3 is 0 Å². The zero-order chi connectivity index (χ0) is 15.2. The number of likely N-dealkylation sites (tertiary alicyclic amines) is 1. The topological polar surface area (TPSA) is 87.8 Å². The van der Waals surface area contributed by atoms with Gasteiger partial charge < -0.3 is 20.9 Å². The lowest BCUT2D eigenvalue weighted by Gasteiger charge is -2.25. The molecule has 1 aromatic carbocycles. The van der Waals surface area contributed by atoms with Gasteiger partial charge in [-0.05, 0) is 31.5 Å². The minimum Gasteiger partial charge on any atom is -0.491 e. The highest BCUT2D eigenvalue weighted by Crippen LogP contribution is 2.18. The molecule has 116 valence electrons. The van der Waals surface area contributed by atoms with Crippen LogP contribution >= 0.6 is 0 Å². The number of carbonyl (C=O) groups excluding carboxylic acids is 1. The minimum absolute atomic E-state index is 0.0106. The van der Waals surface area contributed by atoms with Crippen molar-refractivity contribution >= 4 is 11.6 Å². The number of likely N-dealkylation sites (N-methyl/N-ethyl adjacent to an activating group) is 1. The molecule has 6 nitrogen and oxygen atoms in total. The Balaban J connectivity index is 1.81. The Bertz CT molecular complexity index is 481. The fraction of sp³-hybridized carbons (Fsp3) is 0.533. The number of anilines is 1. The molecule has 2 rings (SSSR count). The Morgan fingerprint density at radius 2 is 2.43 bits per heavy atom. The van der Waals surface area contributed by atoms with Crippen LogP contribution in [0.2, 0.25) is 0 Å². The third-order valence-corrected chi connectivity index (χ3v) is 3.66. The fourth-order valence-corrected chi connectivity index (χ4v) is 2.63. The number of hydrogen-bond acceptors (Lipinski definition) is 5. The van der Waals surface area contributed by atoms with Crippen LogP contribution in [0, 0.1) is 0 Å². The van der Waals surface area contributed by atoms with E-state index in [-0.39, 0.29) is 18.6 Å². The van der Waals surface area contributed by atoms with Crippen molar-refractivity contribution < 1.29 is 14.6 Å². The van der Waals surface area contributed by atoms with Gasteiger partial charge in [0.05, 0.1) is 6.04 Å².